The molecule has 0 aliphatic carbocycles. The van der Waals surface area contributed by atoms with E-state index in [0.29, 0.717) is 0 Å². The van der Waals surface area contributed by atoms with Crippen molar-refractivity contribution >= 4 is 5.97 Å². The summed E-state index contributed by atoms with van der Waals surface area (Å²) in [6.07, 6.45) is 0. The Morgan fingerprint density at radius 1 is 1.27 bits per heavy atom. The molecule has 0 aromatic rings. The Hall–Kier alpha value is -0.610. The van der Waals surface area contributed by atoms with Crippen LogP contribution >= 0.6 is 0 Å². The molecule has 0 aromatic carbocycles. The van der Waals surface area contributed by atoms with Crippen molar-refractivity contribution in [2.45, 2.75) is 33.3 Å². The minimum atomic E-state index is -1.11. The number of carboxylic acids is 1. The van der Waals surface area contributed by atoms with Crippen molar-refractivity contribution in [3.05, 3.63) is 0 Å². The lowest BCUT2D eigenvalue weighted by molar-refractivity contribution is -0.336. The molecule has 0 spiro atoms. The number of carbonyl (C=O) groups is 1. The van der Waals surface area contributed by atoms with Crippen LogP contribution in [-0.2, 0) is 9.68 Å². The van der Waals surface area contributed by atoms with E-state index in [9.17, 15) is 4.79 Å². The summed E-state index contributed by atoms with van der Waals surface area (Å²) in [7, 11) is 0. The summed E-state index contributed by atoms with van der Waals surface area (Å²) < 4.78 is 0. The molecule has 0 unspecified atom stereocenters. The largest absolute Gasteiger partial charge is 0.481 e. The van der Waals surface area contributed by atoms with Gasteiger partial charge in [0.1, 0.15) is 5.60 Å². The fraction of sp³-hybridized carbons (Fsp3) is 0.857. The molecule has 0 amide bonds. The highest BCUT2D eigenvalue weighted by Gasteiger charge is 2.45. The van der Waals surface area contributed by atoms with Gasteiger partial charge in [-0.1, -0.05) is 0 Å². The van der Waals surface area contributed by atoms with E-state index >= 15 is 0 Å². The number of aliphatic carboxylic acids is 1. The Morgan fingerprint density at radius 3 is 1.73 bits per heavy atom. The summed E-state index contributed by atoms with van der Waals surface area (Å²) in [5.74, 6) is -1.00. The molecule has 0 heterocycles. The lowest BCUT2D eigenvalue weighted by Gasteiger charge is -2.34. The zero-order chi connectivity index (χ0) is 9.28. The third kappa shape index (κ3) is 1.70. The first-order valence-corrected chi connectivity index (χ1v) is 3.31. The second-order valence-electron chi connectivity index (χ2n) is 3.53. The van der Waals surface area contributed by atoms with Gasteiger partial charge in [-0.05, 0) is 27.7 Å². The van der Waals surface area contributed by atoms with E-state index < -0.39 is 17.0 Å². The van der Waals surface area contributed by atoms with Gasteiger partial charge in [0.25, 0.3) is 0 Å². The van der Waals surface area contributed by atoms with Gasteiger partial charge in [0.2, 0.25) is 0 Å². The standard InChI is InChI=1S/C7H14O4/c1-6(2,5(8)9)7(3,4)11-10/h10H,1-4H3,(H,8,9). The van der Waals surface area contributed by atoms with Crippen LogP contribution in [0.25, 0.3) is 0 Å². The third-order valence-corrected chi connectivity index (χ3v) is 2.27. The topological polar surface area (TPSA) is 66.8 Å². The maximum absolute atomic E-state index is 10.6. The molecule has 0 bridgehead atoms. The van der Waals surface area contributed by atoms with Crippen LogP contribution in [0.15, 0.2) is 0 Å². The molecule has 0 aliphatic rings. The summed E-state index contributed by atoms with van der Waals surface area (Å²) in [5, 5.41) is 17.1. The zero-order valence-corrected chi connectivity index (χ0v) is 7.21. The normalized spacial score (nSPS) is 13.2. The smallest absolute Gasteiger partial charge is 0.312 e. The van der Waals surface area contributed by atoms with Crippen molar-refractivity contribution in [2.24, 2.45) is 5.41 Å². The molecule has 0 aromatic heterocycles. The van der Waals surface area contributed by atoms with Crippen molar-refractivity contribution in [3.63, 3.8) is 0 Å². The third-order valence-electron chi connectivity index (χ3n) is 2.27. The average Bonchev–Trinajstić information content (AvgIpc) is 1.87. The van der Waals surface area contributed by atoms with Gasteiger partial charge in [-0.3, -0.25) is 10.1 Å². The van der Waals surface area contributed by atoms with Crippen LogP contribution in [0, 0.1) is 5.41 Å². The molecule has 0 rings (SSSR count). The van der Waals surface area contributed by atoms with Gasteiger partial charge in [-0.2, -0.15) is 0 Å². The van der Waals surface area contributed by atoms with Gasteiger partial charge in [0, 0.05) is 0 Å². The first-order chi connectivity index (χ1) is 4.75. The van der Waals surface area contributed by atoms with Gasteiger partial charge >= 0.3 is 5.97 Å². The van der Waals surface area contributed by atoms with Gasteiger partial charge in [0.15, 0.2) is 0 Å². The number of hydrogen-bond donors (Lipinski definition) is 2. The minimum Gasteiger partial charge on any atom is -0.481 e. The zero-order valence-electron chi connectivity index (χ0n) is 7.21. The molecule has 2 N–H and O–H groups in total. The molecule has 4 nitrogen and oxygen atoms in total. The van der Waals surface area contributed by atoms with Crippen molar-refractivity contribution in [2.75, 3.05) is 0 Å². The van der Waals surface area contributed by atoms with Crippen LogP contribution in [0.4, 0.5) is 0 Å². The molecule has 4 heteroatoms. The van der Waals surface area contributed by atoms with Crippen LogP contribution in [0.2, 0.25) is 0 Å². The number of carboxylic acid groups (broad SMARTS) is 1. The predicted molar refractivity (Wildman–Crippen MR) is 39.2 cm³/mol. The van der Waals surface area contributed by atoms with Gasteiger partial charge < -0.3 is 5.11 Å². The fourth-order valence-corrected chi connectivity index (χ4v) is 0.372. The highest BCUT2D eigenvalue weighted by molar-refractivity contribution is 5.75. The van der Waals surface area contributed by atoms with Crippen molar-refractivity contribution in [1.29, 1.82) is 0 Å². The van der Waals surface area contributed by atoms with E-state index in [1.807, 2.05) is 0 Å². The van der Waals surface area contributed by atoms with E-state index in [2.05, 4.69) is 4.89 Å². The summed E-state index contributed by atoms with van der Waals surface area (Å²) in [5.41, 5.74) is -2.19. The molecule has 0 atom stereocenters. The van der Waals surface area contributed by atoms with E-state index in [1.165, 1.54) is 27.7 Å². The predicted octanol–water partition coefficient (Wildman–Crippen LogP) is 1.37. The van der Waals surface area contributed by atoms with Crippen LogP contribution in [0.5, 0.6) is 0 Å². The lowest BCUT2D eigenvalue weighted by Crippen LogP contribution is -2.46. The van der Waals surface area contributed by atoms with Crippen molar-refractivity contribution in [1.82, 2.24) is 0 Å². The molecule has 66 valence electrons. The molecule has 0 saturated heterocycles. The molecule has 0 saturated carbocycles. The SMILES string of the molecule is CC(C)(OO)C(C)(C)C(=O)O. The molecule has 11 heavy (non-hydrogen) atoms. The average molecular weight is 162 g/mol. The first kappa shape index (κ1) is 10.4. The Balaban J connectivity index is 4.67. The Morgan fingerprint density at radius 2 is 1.64 bits per heavy atom. The quantitative estimate of drug-likeness (QED) is 0.485. The summed E-state index contributed by atoms with van der Waals surface area (Å²) >= 11 is 0. The van der Waals surface area contributed by atoms with Gasteiger partial charge in [0.05, 0.1) is 5.41 Å². The summed E-state index contributed by atoms with van der Waals surface area (Å²) in [6.45, 7) is 6.01. The second kappa shape index (κ2) is 2.79. The maximum atomic E-state index is 10.6. The molecular weight excluding hydrogens is 148 g/mol. The maximum Gasteiger partial charge on any atom is 0.312 e. The highest BCUT2D eigenvalue weighted by Crippen LogP contribution is 2.32. The monoisotopic (exact) mass is 162 g/mol. The van der Waals surface area contributed by atoms with E-state index in [1.54, 1.807) is 0 Å². The van der Waals surface area contributed by atoms with Crippen LogP contribution in [-0.4, -0.2) is 21.9 Å². The van der Waals surface area contributed by atoms with E-state index in [4.69, 9.17) is 10.4 Å². The Bertz CT molecular complexity index is 160. The fourth-order valence-electron chi connectivity index (χ4n) is 0.372. The van der Waals surface area contributed by atoms with E-state index in [0.717, 1.165) is 0 Å². The molecule has 0 radical (unpaired) electrons. The number of hydrogen-bond acceptors (Lipinski definition) is 3. The van der Waals surface area contributed by atoms with Crippen LogP contribution in [0.3, 0.4) is 0 Å². The van der Waals surface area contributed by atoms with Crippen molar-refractivity contribution < 1.29 is 20.0 Å². The van der Waals surface area contributed by atoms with Gasteiger partial charge in [-0.25, -0.2) is 4.89 Å². The van der Waals surface area contributed by atoms with Crippen LogP contribution in [0.1, 0.15) is 27.7 Å². The summed E-state index contributed by atoms with van der Waals surface area (Å²) in [4.78, 5) is 14.7. The Kier molecular flexibility index (Phi) is 2.64. The molecule has 0 fully saturated rings. The molecule has 0 aliphatic heterocycles. The van der Waals surface area contributed by atoms with Crippen LogP contribution < -0.4 is 0 Å². The lowest BCUT2D eigenvalue weighted by atomic mass is 9.77. The van der Waals surface area contributed by atoms with Gasteiger partial charge in [-0.15, -0.1) is 0 Å². The van der Waals surface area contributed by atoms with E-state index in [-0.39, 0.29) is 0 Å². The number of rotatable bonds is 3. The Labute approximate surface area is 65.7 Å². The van der Waals surface area contributed by atoms with Crippen molar-refractivity contribution in [3.8, 4) is 0 Å². The minimum absolute atomic E-state index is 1.00. The summed E-state index contributed by atoms with van der Waals surface area (Å²) in [6, 6.07) is 0. The highest BCUT2D eigenvalue weighted by atomic mass is 17.1. The first-order valence-electron chi connectivity index (χ1n) is 3.31. The second-order valence-corrected chi connectivity index (χ2v) is 3.53. The molecular formula is C7H14O4.